The summed E-state index contributed by atoms with van der Waals surface area (Å²) in [5.74, 6) is -1.26. The molecular weight excluding hydrogens is 428 g/mol. The molecule has 0 aliphatic carbocycles. The first-order chi connectivity index (χ1) is 16.5. The van der Waals surface area contributed by atoms with Gasteiger partial charge >= 0.3 is 5.97 Å². The maximum absolute atomic E-state index is 13.2. The molecule has 0 aliphatic rings. The lowest BCUT2D eigenvalue weighted by molar-refractivity contribution is -0.139. The van der Waals surface area contributed by atoms with Crippen LogP contribution in [0.3, 0.4) is 0 Å². The highest BCUT2D eigenvalue weighted by atomic mass is 16.5. The second kappa shape index (κ2) is 10.3. The third-order valence-electron chi connectivity index (χ3n) is 5.48. The van der Waals surface area contributed by atoms with Crippen molar-refractivity contribution in [1.82, 2.24) is 5.32 Å². The minimum Gasteiger partial charge on any atom is -0.487 e. The first-order valence-electron chi connectivity index (χ1n) is 10.8. The molecule has 0 aliphatic heterocycles. The zero-order valence-electron chi connectivity index (χ0n) is 18.3. The summed E-state index contributed by atoms with van der Waals surface area (Å²) in [5, 5.41) is 23.0. The van der Waals surface area contributed by atoms with Crippen molar-refractivity contribution in [3.8, 4) is 11.8 Å². The van der Waals surface area contributed by atoms with Crippen molar-refractivity contribution < 1.29 is 19.4 Å². The number of nitrogens with one attached hydrogen (secondary N) is 1. The number of nitrogens with zero attached hydrogens (tertiary/aromatic N) is 1. The molecule has 0 fully saturated rings. The van der Waals surface area contributed by atoms with Crippen LogP contribution in [0.4, 0.5) is 0 Å². The third-order valence-corrected chi connectivity index (χ3v) is 5.48. The van der Waals surface area contributed by atoms with E-state index in [9.17, 15) is 14.7 Å². The molecule has 1 atom stereocenters. The lowest BCUT2D eigenvalue weighted by Crippen LogP contribution is -2.42. The predicted octanol–water partition coefficient (Wildman–Crippen LogP) is 4.72. The van der Waals surface area contributed by atoms with Gasteiger partial charge in [0.05, 0.1) is 17.2 Å². The van der Waals surface area contributed by atoms with Crippen LogP contribution in [0.2, 0.25) is 0 Å². The van der Waals surface area contributed by atoms with Crippen LogP contribution in [0.5, 0.6) is 5.75 Å². The second-order valence-electron chi connectivity index (χ2n) is 7.81. The van der Waals surface area contributed by atoms with Gasteiger partial charge in [0.25, 0.3) is 5.91 Å². The number of hydrogen-bond acceptors (Lipinski definition) is 4. The Labute approximate surface area is 197 Å². The fourth-order valence-corrected chi connectivity index (χ4v) is 3.69. The van der Waals surface area contributed by atoms with E-state index in [1.54, 1.807) is 30.3 Å². The van der Waals surface area contributed by atoms with E-state index in [1.165, 1.54) is 0 Å². The number of carboxylic acid groups (broad SMARTS) is 1. The summed E-state index contributed by atoms with van der Waals surface area (Å²) in [4.78, 5) is 25.1. The minimum absolute atomic E-state index is 0.164. The lowest BCUT2D eigenvalue weighted by Gasteiger charge is -2.18. The van der Waals surface area contributed by atoms with Crippen molar-refractivity contribution >= 4 is 22.6 Å². The minimum atomic E-state index is -1.11. The molecule has 1 unspecified atom stereocenters. The Morgan fingerprint density at radius 1 is 0.882 bits per heavy atom. The number of hydrogen-bond donors (Lipinski definition) is 2. The third kappa shape index (κ3) is 5.22. The summed E-state index contributed by atoms with van der Waals surface area (Å²) in [6, 6.07) is 28.1. The molecule has 34 heavy (non-hydrogen) atoms. The number of amides is 1. The van der Waals surface area contributed by atoms with Crippen LogP contribution < -0.4 is 10.1 Å². The highest BCUT2D eigenvalue weighted by molar-refractivity contribution is 6.04. The van der Waals surface area contributed by atoms with Gasteiger partial charge in [-0.1, -0.05) is 72.8 Å². The van der Waals surface area contributed by atoms with Gasteiger partial charge in [-0.3, -0.25) is 4.79 Å². The average Bonchev–Trinajstić information content (AvgIpc) is 2.87. The van der Waals surface area contributed by atoms with Crippen molar-refractivity contribution in [2.24, 2.45) is 0 Å². The van der Waals surface area contributed by atoms with Crippen LogP contribution in [0.1, 0.15) is 27.0 Å². The number of carboxylic acids is 1. The zero-order valence-corrected chi connectivity index (χ0v) is 18.3. The first-order valence-corrected chi connectivity index (χ1v) is 10.8. The van der Waals surface area contributed by atoms with Gasteiger partial charge in [-0.05, 0) is 34.7 Å². The maximum atomic E-state index is 13.2. The van der Waals surface area contributed by atoms with Gasteiger partial charge < -0.3 is 15.2 Å². The van der Waals surface area contributed by atoms with Crippen LogP contribution >= 0.6 is 0 Å². The lowest BCUT2D eigenvalue weighted by atomic mass is 10.0. The van der Waals surface area contributed by atoms with E-state index in [1.807, 2.05) is 60.7 Å². The fraction of sp³-hybridized carbons (Fsp3) is 0.107. The number of nitriles is 1. The molecule has 4 rings (SSSR count). The molecule has 6 heteroatoms. The molecule has 6 nitrogen and oxygen atoms in total. The first kappa shape index (κ1) is 22.6. The molecule has 0 saturated heterocycles. The van der Waals surface area contributed by atoms with Crippen LogP contribution in [0, 0.1) is 11.3 Å². The van der Waals surface area contributed by atoms with Crippen LogP contribution in [-0.4, -0.2) is 23.0 Å². The quantitative estimate of drug-likeness (QED) is 0.405. The molecular formula is C28H22N2O4. The van der Waals surface area contributed by atoms with E-state index in [0.29, 0.717) is 11.3 Å². The summed E-state index contributed by atoms with van der Waals surface area (Å²) < 4.78 is 6.10. The molecule has 4 aromatic rings. The molecule has 2 N–H and O–H groups in total. The Morgan fingerprint density at radius 3 is 2.29 bits per heavy atom. The number of carbonyl (C=O) groups excluding carboxylic acids is 1. The monoisotopic (exact) mass is 450 g/mol. The normalized spacial score (nSPS) is 11.4. The Morgan fingerprint density at radius 2 is 1.59 bits per heavy atom. The highest BCUT2D eigenvalue weighted by Gasteiger charge is 2.24. The smallest absolute Gasteiger partial charge is 0.326 e. The van der Waals surface area contributed by atoms with Gasteiger partial charge in [-0.15, -0.1) is 0 Å². The van der Waals surface area contributed by atoms with E-state index in [0.717, 1.165) is 21.9 Å². The fourth-order valence-electron chi connectivity index (χ4n) is 3.69. The van der Waals surface area contributed by atoms with Gasteiger partial charge in [0, 0.05) is 11.8 Å². The van der Waals surface area contributed by atoms with E-state index in [-0.39, 0.29) is 18.6 Å². The number of aliphatic carboxylic acids is 1. The van der Waals surface area contributed by atoms with Gasteiger partial charge in [0.15, 0.2) is 0 Å². The Balaban J connectivity index is 1.62. The van der Waals surface area contributed by atoms with E-state index >= 15 is 0 Å². The van der Waals surface area contributed by atoms with Crippen molar-refractivity contribution in [3.05, 3.63) is 113 Å². The molecule has 0 bridgehead atoms. The summed E-state index contributed by atoms with van der Waals surface area (Å²) in [6.45, 7) is 0.187. The molecule has 1 amide bonds. The van der Waals surface area contributed by atoms with E-state index < -0.39 is 17.9 Å². The van der Waals surface area contributed by atoms with Crippen molar-refractivity contribution in [2.45, 2.75) is 19.1 Å². The Bertz CT molecular complexity index is 1360. The largest absolute Gasteiger partial charge is 0.487 e. The molecule has 0 spiro atoms. The highest BCUT2D eigenvalue weighted by Crippen LogP contribution is 2.31. The number of ether oxygens (including phenoxy) is 1. The average molecular weight is 450 g/mol. The Kier molecular flexibility index (Phi) is 6.85. The van der Waals surface area contributed by atoms with Crippen LogP contribution in [0.15, 0.2) is 91.0 Å². The molecule has 4 aromatic carbocycles. The number of benzene rings is 4. The number of rotatable bonds is 8. The molecule has 0 saturated carbocycles. The Hall–Kier alpha value is -4.63. The van der Waals surface area contributed by atoms with Crippen molar-refractivity contribution in [3.63, 3.8) is 0 Å². The zero-order chi connectivity index (χ0) is 23.9. The van der Waals surface area contributed by atoms with Crippen molar-refractivity contribution in [2.75, 3.05) is 0 Å². The molecule has 0 radical (unpaired) electrons. The number of fused-ring (bicyclic) bond motifs is 1. The van der Waals surface area contributed by atoms with Crippen LogP contribution in [-0.2, 0) is 17.8 Å². The van der Waals surface area contributed by atoms with Gasteiger partial charge in [-0.25, -0.2) is 4.79 Å². The summed E-state index contributed by atoms with van der Waals surface area (Å²) in [7, 11) is 0. The van der Waals surface area contributed by atoms with E-state index in [2.05, 4.69) is 11.4 Å². The summed E-state index contributed by atoms with van der Waals surface area (Å²) in [6.07, 6.45) is 0.164. The molecule has 168 valence electrons. The topological polar surface area (TPSA) is 99.4 Å². The van der Waals surface area contributed by atoms with Crippen LogP contribution in [0.25, 0.3) is 10.8 Å². The second-order valence-corrected chi connectivity index (χ2v) is 7.81. The predicted molar refractivity (Wildman–Crippen MR) is 128 cm³/mol. The van der Waals surface area contributed by atoms with Gasteiger partial charge in [0.2, 0.25) is 0 Å². The molecule has 0 heterocycles. The van der Waals surface area contributed by atoms with Crippen molar-refractivity contribution in [1.29, 1.82) is 5.26 Å². The number of carbonyl (C=O) groups is 2. The van der Waals surface area contributed by atoms with Gasteiger partial charge in [-0.2, -0.15) is 5.26 Å². The maximum Gasteiger partial charge on any atom is 0.326 e. The molecule has 0 aromatic heterocycles. The standard InChI is InChI=1S/C28H22N2O4/c29-17-20-10-12-21(13-11-20)18-34-26-23-9-5-4-8-22(23)14-15-24(26)27(31)30-25(28(32)33)16-19-6-2-1-3-7-19/h1-15,25H,16,18H2,(H,30,31)(H,32,33). The van der Waals surface area contributed by atoms with E-state index in [4.69, 9.17) is 10.00 Å². The summed E-state index contributed by atoms with van der Waals surface area (Å²) in [5.41, 5.74) is 2.45. The van der Waals surface area contributed by atoms with Gasteiger partial charge in [0.1, 0.15) is 18.4 Å². The summed E-state index contributed by atoms with van der Waals surface area (Å²) >= 11 is 0. The SMILES string of the molecule is N#Cc1ccc(COc2c(C(=O)NC(Cc3ccccc3)C(=O)O)ccc3ccccc23)cc1.